The van der Waals surface area contributed by atoms with Gasteiger partial charge in [-0.15, -0.1) is 0 Å². The van der Waals surface area contributed by atoms with Gasteiger partial charge in [0.1, 0.15) is 18.4 Å². The Morgan fingerprint density at radius 2 is 2.32 bits per heavy atom. The Hall–Kier alpha value is -1.10. The van der Waals surface area contributed by atoms with Crippen LogP contribution in [-0.4, -0.2) is 34.8 Å². The SMILES string of the molecule is O=c1[nH]c(=O)n([C@H]2CC[C@@H](COP)O2)cc1C#CCOCS. The Kier molecular flexibility index (Phi) is 6.68. The largest absolute Gasteiger partial charge is 0.363 e. The third-order valence-electron chi connectivity index (χ3n) is 3.13. The molecule has 1 aliphatic heterocycles. The number of nitrogens with zero attached hydrogens (tertiary/aromatic N) is 1. The maximum absolute atomic E-state index is 11.9. The van der Waals surface area contributed by atoms with Crippen LogP contribution in [0.1, 0.15) is 24.6 Å². The number of thiol groups is 1. The number of hydrogen-bond donors (Lipinski definition) is 2. The highest BCUT2D eigenvalue weighted by Gasteiger charge is 2.27. The summed E-state index contributed by atoms with van der Waals surface area (Å²) in [6.45, 7) is 0.600. The van der Waals surface area contributed by atoms with Gasteiger partial charge in [0.05, 0.1) is 18.6 Å². The van der Waals surface area contributed by atoms with Gasteiger partial charge < -0.3 is 14.0 Å². The van der Waals surface area contributed by atoms with Crippen LogP contribution in [0.5, 0.6) is 0 Å². The van der Waals surface area contributed by atoms with Crippen LogP contribution in [0.15, 0.2) is 15.8 Å². The van der Waals surface area contributed by atoms with Crippen LogP contribution in [0.4, 0.5) is 0 Å². The molecule has 2 heterocycles. The van der Waals surface area contributed by atoms with Crippen LogP contribution in [0.3, 0.4) is 0 Å². The topological polar surface area (TPSA) is 82.6 Å². The summed E-state index contributed by atoms with van der Waals surface area (Å²) in [4.78, 5) is 25.9. The fourth-order valence-corrected chi connectivity index (χ4v) is 2.44. The van der Waals surface area contributed by atoms with Crippen molar-refractivity contribution in [2.24, 2.45) is 0 Å². The Balaban J connectivity index is 2.19. The lowest BCUT2D eigenvalue weighted by Gasteiger charge is -2.15. The molecule has 0 radical (unpaired) electrons. The summed E-state index contributed by atoms with van der Waals surface area (Å²) < 4.78 is 17.0. The van der Waals surface area contributed by atoms with Crippen LogP contribution >= 0.6 is 22.1 Å². The summed E-state index contributed by atoms with van der Waals surface area (Å²) >= 11 is 3.88. The first-order valence-electron chi connectivity index (χ1n) is 6.65. The molecule has 0 spiro atoms. The van der Waals surface area contributed by atoms with Gasteiger partial charge in [0.25, 0.3) is 5.56 Å². The smallest absolute Gasteiger partial charge is 0.330 e. The van der Waals surface area contributed by atoms with Crippen LogP contribution in [-0.2, 0) is 14.0 Å². The first-order chi connectivity index (χ1) is 10.7. The second-order valence-electron chi connectivity index (χ2n) is 4.61. The lowest BCUT2D eigenvalue weighted by atomic mass is 10.2. The normalized spacial score (nSPS) is 20.6. The molecular formula is C13H17N2O5PS. The standard InChI is InChI=1S/C13H17N2O5PS/c16-12-9(2-1-5-18-8-22)6-15(13(17)14-12)11-4-3-10(20-11)7-19-21/h6,10-11,22H,3-5,7-8,21H2,(H,14,16,17)/t10-,11+/m0/s1. The van der Waals surface area contributed by atoms with Crippen molar-refractivity contribution >= 4 is 22.1 Å². The van der Waals surface area contributed by atoms with Crippen molar-refractivity contribution in [3.8, 4) is 11.8 Å². The quantitative estimate of drug-likeness (QED) is 0.264. The van der Waals surface area contributed by atoms with E-state index in [0.29, 0.717) is 13.0 Å². The van der Waals surface area contributed by atoms with Gasteiger partial charge >= 0.3 is 5.69 Å². The molecule has 0 bridgehead atoms. The molecule has 1 unspecified atom stereocenters. The predicted molar refractivity (Wildman–Crippen MR) is 86.8 cm³/mol. The molecule has 22 heavy (non-hydrogen) atoms. The zero-order valence-corrected chi connectivity index (χ0v) is 13.8. The maximum atomic E-state index is 11.9. The van der Waals surface area contributed by atoms with E-state index in [9.17, 15) is 9.59 Å². The summed E-state index contributed by atoms with van der Waals surface area (Å²) in [5, 5.41) is 0. The van der Waals surface area contributed by atoms with E-state index in [1.807, 2.05) is 0 Å². The lowest BCUT2D eigenvalue weighted by Crippen LogP contribution is -2.33. The van der Waals surface area contributed by atoms with E-state index < -0.39 is 17.5 Å². The molecular weight excluding hydrogens is 327 g/mol. The highest BCUT2D eigenvalue weighted by Crippen LogP contribution is 2.27. The van der Waals surface area contributed by atoms with E-state index in [1.165, 1.54) is 10.8 Å². The number of aromatic amines is 1. The molecule has 1 fully saturated rings. The molecule has 1 aromatic rings. The van der Waals surface area contributed by atoms with Gasteiger partial charge in [-0.2, -0.15) is 12.6 Å². The summed E-state index contributed by atoms with van der Waals surface area (Å²) in [6.07, 6.45) is 2.37. The molecule has 1 aromatic heterocycles. The van der Waals surface area contributed by atoms with Crippen LogP contribution in [0.25, 0.3) is 0 Å². The molecule has 9 heteroatoms. The van der Waals surface area contributed by atoms with Crippen molar-refractivity contribution in [1.82, 2.24) is 9.55 Å². The van der Waals surface area contributed by atoms with Gasteiger partial charge in [-0.05, 0) is 12.8 Å². The average molecular weight is 344 g/mol. The summed E-state index contributed by atoms with van der Waals surface area (Å²) in [5.74, 6) is 5.62. The van der Waals surface area contributed by atoms with Gasteiger partial charge in [0.2, 0.25) is 0 Å². The van der Waals surface area contributed by atoms with Crippen molar-refractivity contribution in [3.63, 3.8) is 0 Å². The Bertz CT molecular complexity index is 677. The predicted octanol–water partition coefficient (Wildman–Crippen LogP) is 0.276. The molecule has 120 valence electrons. The molecule has 1 N–H and O–H groups in total. The Labute approximate surface area is 135 Å². The molecule has 3 atom stereocenters. The van der Waals surface area contributed by atoms with Crippen molar-refractivity contribution in [3.05, 3.63) is 32.6 Å². The molecule has 0 saturated carbocycles. The average Bonchev–Trinajstić information content (AvgIpc) is 2.94. The van der Waals surface area contributed by atoms with Gasteiger partial charge in [-0.25, -0.2) is 4.79 Å². The van der Waals surface area contributed by atoms with E-state index >= 15 is 0 Å². The highest BCUT2D eigenvalue weighted by molar-refractivity contribution is 7.80. The minimum atomic E-state index is -0.525. The van der Waals surface area contributed by atoms with Crippen molar-refractivity contribution in [2.75, 3.05) is 19.2 Å². The second-order valence-corrected chi connectivity index (χ2v) is 5.20. The molecule has 1 aliphatic rings. The van der Waals surface area contributed by atoms with E-state index in [4.69, 9.17) is 14.0 Å². The van der Waals surface area contributed by atoms with Crippen molar-refractivity contribution in [2.45, 2.75) is 25.2 Å². The number of hydrogen-bond acceptors (Lipinski definition) is 6. The molecule has 1 saturated heterocycles. The minimum Gasteiger partial charge on any atom is -0.363 e. The lowest BCUT2D eigenvalue weighted by molar-refractivity contribution is -0.0173. The third-order valence-corrected chi connectivity index (χ3v) is 3.51. The van der Waals surface area contributed by atoms with Crippen LogP contribution in [0.2, 0.25) is 0 Å². The first kappa shape index (κ1) is 17.3. The second kappa shape index (κ2) is 8.51. The molecule has 2 rings (SSSR count). The highest BCUT2D eigenvalue weighted by atomic mass is 32.1. The van der Waals surface area contributed by atoms with Crippen LogP contribution in [0, 0.1) is 11.8 Å². The van der Waals surface area contributed by atoms with Crippen LogP contribution < -0.4 is 11.2 Å². The fraction of sp³-hybridized carbons (Fsp3) is 0.538. The Morgan fingerprint density at radius 1 is 1.50 bits per heavy atom. The maximum Gasteiger partial charge on any atom is 0.330 e. The van der Waals surface area contributed by atoms with Crippen molar-refractivity contribution < 1.29 is 14.0 Å². The summed E-state index contributed by atoms with van der Waals surface area (Å²) in [6, 6.07) is 0. The molecule has 7 nitrogen and oxygen atoms in total. The van der Waals surface area contributed by atoms with E-state index in [1.54, 1.807) is 0 Å². The minimum absolute atomic E-state index is 0.0698. The van der Waals surface area contributed by atoms with E-state index in [-0.39, 0.29) is 24.2 Å². The number of aromatic nitrogens is 2. The molecule has 0 aliphatic carbocycles. The molecule has 0 amide bonds. The summed E-state index contributed by atoms with van der Waals surface area (Å²) in [7, 11) is 2.17. The monoisotopic (exact) mass is 344 g/mol. The van der Waals surface area contributed by atoms with Gasteiger partial charge in [0.15, 0.2) is 0 Å². The zero-order valence-electron chi connectivity index (χ0n) is 11.8. The number of nitrogens with one attached hydrogen (secondary N) is 1. The van der Waals surface area contributed by atoms with Crippen molar-refractivity contribution in [1.29, 1.82) is 0 Å². The zero-order chi connectivity index (χ0) is 15.9. The number of H-pyrrole nitrogens is 1. The third kappa shape index (κ3) is 4.45. The van der Waals surface area contributed by atoms with Gasteiger partial charge in [-0.1, -0.05) is 11.8 Å². The fourth-order valence-electron chi connectivity index (χ4n) is 2.14. The van der Waals surface area contributed by atoms with Gasteiger partial charge in [-0.3, -0.25) is 14.3 Å². The first-order valence-corrected chi connectivity index (χ1v) is 7.76. The summed E-state index contributed by atoms with van der Waals surface area (Å²) in [5.41, 5.74) is -0.848. The van der Waals surface area contributed by atoms with Gasteiger partial charge in [0, 0.05) is 15.7 Å². The Morgan fingerprint density at radius 3 is 3.05 bits per heavy atom. The van der Waals surface area contributed by atoms with E-state index in [0.717, 1.165) is 6.42 Å². The van der Waals surface area contributed by atoms with E-state index in [2.05, 4.69) is 38.9 Å². The number of rotatable bonds is 5. The number of ether oxygens (including phenoxy) is 2. The molecule has 0 aromatic carbocycles.